The van der Waals surface area contributed by atoms with E-state index in [4.69, 9.17) is 47.4 Å². The summed E-state index contributed by atoms with van der Waals surface area (Å²) in [5.41, 5.74) is 0. The zero-order chi connectivity index (χ0) is 33.3. The number of carbonyl (C=O) groups excluding carboxylic acids is 7. The van der Waals surface area contributed by atoms with Crippen LogP contribution in [0.1, 0.15) is 48.5 Å². The fraction of sp³-hybridized carbons (Fsp3) is 0.731. The summed E-state index contributed by atoms with van der Waals surface area (Å²) in [6.07, 6.45) is -16.3. The Morgan fingerprint density at radius 1 is 0.477 bits per heavy atom. The van der Waals surface area contributed by atoms with Gasteiger partial charge in [0.1, 0.15) is 31.5 Å². The molecule has 1 N–H and O–H groups in total. The van der Waals surface area contributed by atoms with Crippen molar-refractivity contribution in [1.82, 2.24) is 0 Å². The summed E-state index contributed by atoms with van der Waals surface area (Å²) in [7, 11) is 0. The van der Waals surface area contributed by atoms with Gasteiger partial charge in [-0.25, -0.2) is 0 Å². The maximum Gasteiger partial charge on any atom is 0.303 e. The van der Waals surface area contributed by atoms with Crippen LogP contribution in [0.5, 0.6) is 0 Å². The number of aliphatic hydroxyl groups is 1. The van der Waals surface area contributed by atoms with Gasteiger partial charge < -0.3 is 52.5 Å². The smallest absolute Gasteiger partial charge is 0.303 e. The zero-order valence-electron chi connectivity index (χ0n) is 25.1. The van der Waals surface area contributed by atoms with Crippen LogP contribution >= 0.6 is 0 Å². The first-order valence-electron chi connectivity index (χ1n) is 13.3. The molecule has 2 heterocycles. The molecule has 44 heavy (non-hydrogen) atoms. The largest absolute Gasteiger partial charge is 0.463 e. The fourth-order valence-corrected chi connectivity index (χ4v) is 4.49. The quantitative estimate of drug-likeness (QED) is 0.203. The molecule has 10 atom stereocenters. The SMILES string of the molecule is CC(=O)OCC1O[C@@H](O[C@@H]2C(COC(C)=O)O[C@H](O)C(OC(C)=O)C2OC(C)=O)C(OC(C)=O)C(OC(C)=O)[C@@H]1OC(C)=O. The lowest BCUT2D eigenvalue weighted by atomic mass is 9.96. The normalized spacial score (nSPS) is 31.5. The summed E-state index contributed by atoms with van der Waals surface area (Å²) in [6, 6.07) is 0. The highest BCUT2D eigenvalue weighted by molar-refractivity contribution is 5.69. The van der Waals surface area contributed by atoms with Gasteiger partial charge in [0.15, 0.2) is 43.1 Å². The van der Waals surface area contributed by atoms with Gasteiger partial charge in [0.05, 0.1) is 0 Å². The molecule has 18 heteroatoms. The molecule has 248 valence electrons. The van der Waals surface area contributed by atoms with E-state index in [1.54, 1.807) is 0 Å². The highest BCUT2D eigenvalue weighted by Crippen LogP contribution is 2.34. The number of hydrogen-bond donors (Lipinski definition) is 1. The molecular formula is C26H36O18. The summed E-state index contributed by atoms with van der Waals surface area (Å²) >= 11 is 0. The van der Waals surface area contributed by atoms with Crippen molar-refractivity contribution in [2.45, 2.75) is 110 Å². The topological polar surface area (TPSA) is 232 Å². The fourth-order valence-electron chi connectivity index (χ4n) is 4.49. The third-order valence-electron chi connectivity index (χ3n) is 5.90. The molecule has 18 nitrogen and oxygen atoms in total. The highest BCUT2D eigenvalue weighted by atomic mass is 16.8. The monoisotopic (exact) mass is 636 g/mol. The average molecular weight is 637 g/mol. The predicted octanol–water partition coefficient (Wildman–Crippen LogP) is -1.40. The van der Waals surface area contributed by atoms with Crippen LogP contribution in [0.25, 0.3) is 0 Å². The number of hydrogen-bond acceptors (Lipinski definition) is 18. The molecule has 2 aliphatic rings. The van der Waals surface area contributed by atoms with Crippen LogP contribution in [0.15, 0.2) is 0 Å². The minimum atomic E-state index is -1.90. The van der Waals surface area contributed by atoms with Crippen molar-refractivity contribution in [1.29, 1.82) is 0 Å². The molecule has 0 saturated carbocycles. The Kier molecular flexibility index (Phi) is 13.4. The van der Waals surface area contributed by atoms with Crippen molar-refractivity contribution < 1.29 is 86.0 Å². The van der Waals surface area contributed by atoms with Crippen LogP contribution in [-0.2, 0) is 80.9 Å². The van der Waals surface area contributed by atoms with Crippen molar-refractivity contribution in [3.63, 3.8) is 0 Å². The van der Waals surface area contributed by atoms with Gasteiger partial charge in [0.25, 0.3) is 0 Å². The van der Waals surface area contributed by atoms with Crippen LogP contribution in [-0.4, -0.2) is 122 Å². The lowest BCUT2D eigenvalue weighted by Crippen LogP contribution is -2.67. The molecule has 2 saturated heterocycles. The first kappa shape index (κ1) is 36.3. The second-order valence-corrected chi connectivity index (χ2v) is 9.68. The Hall–Kier alpha value is -3.87. The average Bonchev–Trinajstić information content (AvgIpc) is 2.87. The van der Waals surface area contributed by atoms with Gasteiger partial charge in [-0.3, -0.25) is 33.6 Å². The molecule has 0 bridgehead atoms. The molecule has 0 aromatic heterocycles. The molecular weight excluding hydrogens is 600 g/mol. The molecule has 0 aromatic rings. The second kappa shape index (κ2) is 16.3. The van der Waals surface area contributed by atoms with Crippen LogP contribution < -0.4 is 0 Å². The molecule has 0 radical (unpaired) electrons. The summed E-state index contributed by atoms with van der Waals surface area (Å²) in [5, 5.41) is 10.6. The van der Waals surface area contributed by atoms with Gasteiger partial charge in [-0.05, 0) is 0 Å². The third-order valence-corrected chi connectivity index (χ3v) is 5.90. The summed E-state index contributed by atoms with van der Waals surface area (Å²) in [6.45, 7) is 6.11. The van der Waals surface area contributed by atoms with E-state index in [1.807, 2.05) is 0 Å². The number of esters is 7. The van der Waals surface area contributed by atoms with Crippen LogP contribution in [0.4, 0.5) is 0 Å². The van der Waals surface area contributed by atoms with E-state index in [0.29, 0.717) is 0 Å². The summed E-state index contributed by atoms with van der Waals surface area (Å²) in [5.74, 6) is -6.03. The van der Waals surface area contributed by atoms with Gasteiger partial charge in [-0.1, -0.05) is 0 Å². The van der Waals surface area contributed by atoms with E-state index < -0.39 is 116 Å². The van der Waals surface area contributed by atoms with Crippen molar-refractivity contribution in [2.24, 2.45) is 0 Å². The lowest BCUT2D eigenvalue weighted by molar-refractivity contribution is -0.357. The third kappa shape index (κ3) is 10.7. The maximum atomic E-state index is 12.2. The Morgan fingerprint density at radius 3 is 1.27 bits per heavy atom. The Balaban J connectivity index is 2.66. The molecule has 6 unspecified atom stereocenters. The molecule has 0 aliphatic carbocycles. The molecule has 0 spiro atoms. The molecule has 2 fully saturated rings. The minimum Gasteiger partial charge on any atom is -0.463 e. The molecule has 0 amide bonds. The summed E-state index contributed by atoms with van der Waals surface area (Å²) < 4.78 is 54.1. The number of carbonyl (C=O) groups is 7. The Morgan fingerprint density at radius 2 is 0.841 bits per heavy atom. The molecule has 2 rings (SSSR count). The predicted molar refractivity (Wildman–Crippen MR) is 135 cm³/mol. The van der Waals surface area contributed by atoms with Gasteiger partial charge in [0.2, 0.25) is 0 Å². The maximum absolute atomic E-state index is 12.2. The first-order chi connectivity index (χ1) is 20.5. The van der Waals surface area contributed by atoms with Crippen molar-refractivity contribution in [3.05, 3.63) is 0 Å². The highest BCUT2D eigenvalue weighted by Gasteiger charge is 2.57. The van der Waals surface area contributed by atoms with E-state index in [-0.39, 0.29) is 0 Å². The number of ether oxygens (including phenoxy) is 10. The van der Waals surface area contributed by atoms with Crippen molar-refractivity contribution in [3.8, 4) is 0 Å². The van der Waals surface area contributed by atoms with Crippen LogP contribution in [0.3, 0.4) is 0 Å². The van der Waals surface area contributed by atoms with E-state index in [0.717, 1.165) is 48.5 Å². The Bertz CT molecular complexity index is 1090. The Labute approximate surface area is 251 Å². The zero-order valence-corrected chi connectivity index (χ0v) is 25.1. The van der Waals surface area contributed by atoms with Gasteiger partial charge >= 0.3 is 41.8 Å². The van der Waals surface area contributed by atoms with Gasteiger partial charge in [0, 0.05) is 48.5 Å². The summed E-state index contributed by atoms with van der Waals surface area (Å²) in [4.78, 5) is 83.5. The minimum absolute atomic E-state index is 0.572. The van der Waals surface area contributed by atoms with E-state index in [2.05, 4.69) is 0 Å². The van der Waals surface area contributed by atoms with Gasteiger partial charge in [-0.2, -0.15) is 0 Å². The second-order valence-electron chi connectivity index (χ2n) is 9.68. The number of rotatable bonds is 11. The molecule has 0 aromatic carbocycles. The van der Waals surface area contributed by atoms with E-state index in [9.17, 15) is 38.7 Å². The van der Waals surface area contributed by atoms with Crippen LogP contribution in [0, 0.1) is 0 Å². The van der Waals surface area contributed by atoms with E-state index in [1.165, 1.54) is 0 Å². The van der Waals surface area contributed by atoms with Crippen molar-refractivity contribution in [2.75, 3.05) is 13.2 Å². The van der Waals surface area contributed by atoms with Crippen molar-refractivity contribution >= 4 is 41.8 Å². The van der Waals surface area contributed by atoms with Crippen LogP contribution in [0.2, 0.25) is 0 Å². The number of aliphatic hydroxyl groups excluding tert-OH is 1. The first-order valence-corrected chi connectivity index (χ1v) is 13.3. The molecule has 2 aliphatic heterocycles. The van der Waals surface area contributed by atoms with E-state index >= 15 is 0 Å². The van der Waals surface area contributed by atoms with Gasteiger partial charge in [-0.15, -0.1) is 0 Å². The standard InChI is InChI=1S/C26H36O18/c1-10(27)35-8-17-20(21(38-13(4)30)23(25(34)42-17)40-15(6)32)44-26-24(41-16(7)33)22(39-14(5)31)19(37-12(3)29)18(43-26)9-36-11(2)28/h17-26,34H,8-9H2,1-7H3/t17?,18?,19-,20-,21?,22?,23?,24?,25+,26+/m1/s1. The lowest BCUT2D eigenvalue weighted by Gasteiger charge is -2.48.